The number of para-hydroxylation sites is 1. The predicted octanol–water partition coefficient (Wildman–Crippen LogP) is 7.38. The van der Waals surface area contributed by atoms with Crippen molar-refractivity contribution >= 4 is 16.8 Å². The Bertz CT molecular complexity index is 628. The Labute approximate surface area is 171 Å². The normalized spacial score (nSPS) is 11.2. The molecule has 3 heteroatoms. The van der Waals surface area contributed by atoms with E-state index in [1.165, 1.54) is 83.5 Å². The third-order valence-electron chi connectivity index (χ3n) is 5.59. The summed E-state index contributed by atoms with van der Waals surface area (Å²) in [5, 5.41) is 4.12. The van der Waals surface area contributed by atoms with Gasteiger partial charge >= 0.3 is 0 Å². The highest BCUT2D eigenvalue weighted by Gasteiger charge is 2.08. The van der Waals surface area contributed by atoms with Crippen LogP contribution in [0.15, 0.2) is 30.3 Å². The molecule has 3 nitrogen and oxygen atoms in total. The lowest BCUT2D eigenvalue weighted by Crippen LogP contribution is -2.24. The lowest BCUT2D eigenvalue weighted by molar-refractivity contribution is 0.0949. The Morgan fingerprint density at radius 2 is 1.32 bits per heavy atom. The van der Waals surface area contributed by atoms with Gasteiger partial charge in [0.1, 0.15) is 5.69 Å². The average molecular weight is 385 g/mol. The summed E-state index contributed by atoms with van der Waals surface area (Å²) in [6, 6.07) is 9.92. The zero-order valence-electron chi connectivity index (χ0n) is 17.9. The molecule has 0 saturated heterocycles. The molecule has 0 atom stereocenters. The fraction of sp³-hybridized carbons (Fsp3) is 0.640. The summed E-state index contributed by atoms with van der Waals surface area (Å²) in [7, 11) is 0. The molecule has 2 rings (SSSR count). The van der Waals surface area contributed by atoms with E-state index in [-0.39, 0.29) is 5.91 Å². The van der Waals surface area contributed by atoms with E-state index in [0.717, 1.165) is 23.9 Å². The highest BCUT2D eigenvalue weighted by Crippen LogP contribution is 2.15. The van der Waals surface area contributed by atoms with E-state index in [2.05, 4.69) is 17.2 Å². The molecule has 1 aromatic heterocycles. The second-order valence-corrected chi connectivity index (χ2v) is 8.12. The summed E-state index contributed by atoms with van der Waals surface area (Å²) in [6.45, 7) is 3.05. The van der Waals surface area contributed by atoms with Crippen LogP contribution in [-0.4, -0.2) is 17.4 Å². The van der Waals surface area contributed by atoms with Crippen molar-refractivity contribution in [2.45, 2.75) is 96.8 Å². The van der Waals surface area contributed by atoms with Crippen LogP contribution in [0, 0.1) is 0 Å². The van der Waals surface area contributed by atoms with Crippen LogP contribution in [0.4, 0.5) is 0 Å². The molecule has 2 aromatic rings. The summed E-state index contributed by atoms with van der Waals surface area (Å²) in [4.78, 5) is 15.4. The Morgan fingerprint density at radius 3 is 1.89 bits per heavy atom. The molecule has 0 aliphatic heterocycles. The quantitative estimate of drug-likeness (QED) is 0.291. The van der Waals surface area contributed by atoms with Gasteiger partial charge in [-0.15, -0.1) is 0 Å². The minimum atomic E-state index is 0.00546. The van der Waals surface area contributed by atoms with E-state index >= 15 is 0 Å². The number of aromatic nitrogens is 1. The van der Waals surface area contributed by atoms with Crippen molar-refractivity contribution in [3.63, 3.8) is 0 Å². The van der Waals surface area contributed by atoms with Crippen molar-refractivity contribution in [3.05, 3.63) is 36.0 Å². The molecule has 2 N–H and O–H groups in total. The Kier molecular flexibility index (Phi) is 11.5. The molecule has 0 bridgehead atoms. The minimum absolute atomic E-state index is 0.00546. The average Bonchev–Trinajstić information content (AvgIpc) is 3.15. The van der Waals surface area contributed by atoms with E-state index in [4.69, 9.17) is 0 Å². The number of hydrogen-bond acceptors (Lipinski definition) is 1. The molecule has 1 aromatic carbocycles. The van der Waals surface area contributed by atoms with Gasteiger partial charge in [0.2, 0.25) is 0 Å². The monoisotopic (exact) mass is 384 g/mol. The number of aromatic amines is 1. The van der Waals surface area contributed by atoms with Crippen molar-refractivity contribution < 1.29 is 4.79 Å². The van der Waals surface area contributed by atoms with Gasteiger partial charge in [0.15, 0.2) is 0 Å². The molecule has 0 fully saturated rings. The Hall–Kier alpha value is -1.77. The van der Waals surface area contributed by atoms with Gasteiger partial charge in [-0.2, -0.15) is 0 Å². The van der Waals surface area contributed by atoms with E-state index in [0.29, 0.717) is 5.69 Å². The molecule has 0 aliphatic carbocycles. The molecular weight excluding hydrogens is 344 g/mol. The first-order valence-electron chi connectivity index (χ1n) is 11.7. The zero-order chi connectivity index (χ0) is 19.9. The standard InChI is InChI=1S/C25H40N2O/c1-2-3-4-5-6-7-8-9-10-11-12-13-14-17-20-26-25(28)24-21-22-18-15-16-19-23(22)27-24/h15-16,18-19,21,27H,2-14,17,20H2,1H3,(H,26,28). The number of amides is 1. The van der Waals surface area contributed by atoms with Gasteiger partial charge in [0.05, 0.1) is 0 Å². The van der Waals surface area contributed by atoms with Gasteiger partial charge in [-0.05, 0) is 18.6 Å². The van der Waals surface area contributed by atoms with E-state index in [1.807, 2.05) is 30.3 Å². The van der Waals surface area contributed by atoms with Gasteiger partial charge in [-0.1, -0.05) is 109 Å². The number of rotatable bonds is 16. The predicted molar refractivity (Wildman–Crippen MR) is 121 cm³/mol. The molecule has 156 valence electrons. The summed E-state index contributed by atoms with van der Waals surface area (Å²) in [5.41, 5.74) is 1.68. The molecule has 0 radical (unpaired) electrons. The number of unbranched alkanes of at least 4 members (excludes halogenated alkanes) is 13. The van der Waals surface area contributed by atoms with E-state index < -0.39 is 0 Å². The highest BCUT2D eigenvalue weighted by molar-refractivity contribution is 5.97. The van der Waals surface area contributed by atoms with Gasteiger partial charge in [0.25, 0.3) is 5.91 Å². The Balaban J connectivity index is 1.38. The number of fused-ring (bicyclic) bond motifs is 1. The molecule has 1 amide bonds. The number of carbonyl (C=O) groups is 1. The molecule has 0 saturated carbocycles. The van der Waals surface area contributed by atoms with Gasteiger partial charge in [0, 0.05) is 17.4 Å². The van der Waals surface area contributed by atoms with Crippen LogP contribution in [0.3, 0.4) is 0 Å². The summed E-state index contributed by atoms with van der Waals surface area (Å²) in [5.74, 6) is 0.00546. The third-order valence-corrected chi connectivity index (χ3v) is 5.59. The second-order valence-electron chi connectivity index (χ2n) is 8.12. The Morgan fingerprint density at radius 1 is 0.786 bits per heavy atom. The fourth-order valence-corrected chi connectivity index (χ4v) is 3.81. The van der Waals surface area contributed by atoms with E-state index in [9.17, 15) is 4.79 Å². The smallest absolute Gasteiger partial charge is 0.267 e. The van der Waals surface area contributed by atoms with Crippen LogP contribution in [-0.2, 0) is 0 Å². The maximum absolute atomic E-state index is 12.2. The SMILES string of the molecule is CCCCCCCCCCCCCCCCNC(=O)c1cc2ccccc2[nH]1. The number of carbonyl (C=O) groups excluding carboxylic acids is 1. The van der Waals surface area contributed by atoms with E-state index in [1.54, 1.807) is 0 Å². The van der Waals surface area contributed by atoms with Gasteiger partial charge < -0.3 is 10.3 Å². The maximum Gasteiger partial charge on any atom is 0.267 e. The summed E-state index contributed by atoms with van der Waals surface area (Å²) >= 11 is 0. The van der Waals surface area contributed by atoms with Crippen molar-refractivity contribution in [2.75, 3.05) is 6.54 Å². The minimum Gasteiger partial charge on any atom is -0.351 e. The van der Waals surface area contributed by atoms with Crippen molar-refractivity contribution in [1.82, 2.24) is 10.3 Å². The molecule has 0 unspecified atom stereocenters. The molecule has 0 spiro atoms. The number of nitrogens with one attached hydrogen (secondary N) is 2. The largest absolute Gasteiger partial charge is 0.351 e. The lowest BCUT2D eigenvalue weighted by Gasteiger charge is -2.05. The number of benzene rings is 1. The number of hydrogen-bond donors (Lipinski definition) is 2. The molecule has 1 heterocycles. The van der Waals surface area contributed by atoms with Crippen LogP contribution in [0.1, 0.15) is 107 Å². The number of H-pyrrole nitrogens is 1. The van der Waals surface area contributed by atoms with Crippen molar-refractivity contribution in [1.29, 1.82) is 0 Å². The first-order chi connectivity index (χ1) is 13.8. The van der Waals surface area contributed by atoms with Crippen LogP contribution in [0.2, 0.25) is 0 Å². The van der Waals surface area contributed by atoms with Crippen LogP contribution < -0.4 is 5.32 Å². The van der Waals surface area contributed by atoms with Gasteiger partial charge in [-0.3, -0.25) is 4.79 Å². The second kappa shape index (κ2) is 14.3. The van der Waals surface area contributed by atoms with Crippen LogP contribution in [0.5, 0.6) is 0 Å². The van der Waals surface area contributed by atoms with Crippen LogP contribution >= 0.6 is 0 Å². The fourth-order valence-electron chi connectivity index (χ4n) is 3.81. The first-order valence-corrected chi connectivity index (χ1v) is 11.7. The lowest BCUT2D eigenvalue weighted by atomic mass is 10.0. The van der Waals surface area contributed by atoms with Crippen molar-refractivity contribution in [2.24, 2.45) is 0 Å². The first kappa shape index (κ1) is 22.5. The molecular formula is C25H40N2O. The summed E-state index contributed by atoms with van der Waals surface area (Å²) < 4.78 is 0. The maximum atomic E-state index is 12.2. The zero-order valence-corrected chi connectivity index (χ0v) is 17.9. The molecule has 0 aliphatic rings. The summed E-state index contributed by atoms with van der Waals surface area (Å²) in [6.07, 6.45) is 19.0. The van der Waals surface area contributed by atoms with Crippen molar-refractivity contribution in [3.8, 4) is 0 Å². The topological polar surface area (TPSA) is 44.9 Å². The van der Waals surface area contributed by atoms with Crippen LogP contribution in [0.25, 0.3) is 10.9 Å². The van der Waals surface area contributed by atoms with Gasteiger partial charge in [-0.25, -0.2) is 0 Å². The third kappa shape index (κ3) is 8.95. The highest BCUT2D eigenvalue weighted by atomic mass is 16.1. The molecule has 28 heavy (non-hydrogen) atoms.